The number of rotatable bonds is 2. The largest absolute Gasteiger partial charge is 0.439 e. The predicted octanol–water partition coefficient (Wildman–Crippen LogP) is 4.67. The van der Waals surface area contributed by atoms with E-state index in [1.54, 1.807) is 0 Å². The quantitative estimate of drug-likeness (QED) is 0.770. The van der Waals surface area contributed by atoms with Crippen LogP contribution in [0, 0.1) is 0 Å². The van der Waals surface area contributed by atoms with Crippen molar-refractivity contribution in [2.24, 2.45) is 0 Å². The molecule has 2 fully saturated rings. The van der Waals surface area contributed by atoms with Crippen LogP contribution in [-0.2, 0) is 16.7 Å². The van der Waals surface area contributed by atoms with Gasteiger partial charge < -0.3 is 10.1 Å². The first-order chi connectivity index (χ1) is 14.6. The lowest BCUT2D eigenvalue weighted by Gasteiger charge is -2.39. The topological polar surface area (TPSA) is 41.6 Å². The van der Waals surface area contributed by atoms with Crippen LogP contribution in [0.15, 0.2) is 60.7 Å². The van der Waals surface area contributed by atoms with Crippen LogP contribution in [0.5, 0.6) is 0 Å². The van der Waals surface area contributed by atoms with E-state index in [0.717, 1.165) is 43.1 Å². The summed E-state index contributed by atoms with van der Waals surface area (Å²) in [7, 11) is 0. The second-order valence-corrected chi connectivity index (χ2v) is 9.19. The Labute approximate surface area is 181 Å². The Bertz CT molecular complexity index is 1080. The Balaban J connectivity index is 1.42. The lowest BCUT2D eigenvalue weighted by Crippen LogP contribution is -2.39. The van der Waals surface area contributed by atoms with Crippen LogP contribution < -0.4 is 5.32 Å². The molecule has 2 atom stereocenters. The number of nitrogens with zero attached hydrogens (tertiary/aromatic N) is 1. The van der Waals surface area contributed by atoms with Crippen molar-refractivity contribution in [3.8, 4) is 0 Å². The summed E-state index contributed by atoms with van der Waals surface area (Å²) >= 11 is 6.18. The van der Waals surface area contributed by atoms with E-state index in [4.69, 9.17) is 16.3 Å². The van der Waals surface area contributed by atoms with Gasteiger partial charge in [0.15, 0.2) is 0 Å². The minimum absolute atomic E-state index is 0.0538. The predicted molar refractivity (Wildman–Crippen MR) is 117 cm³/mol. The number of benzene rings is 2. The zero-order chi connectivity index (χ0) is 20.3. The van der Waals surface area contributed by atoms with Gasteiger partial charge in [-0.15, -0.1) is 0 Å². The molecular weight excluding hydrogens is 396 g/mol. The highest BCUT2D eigenvalue weighted by Gasteiger charge is 2.42. The Morgan fingerprint density at radius 2 is 1.90 bits per heavy atom. The van der Waals surface area contributed by atoms with Crippen molar-refractivity contribution >= 4 is 23.3 Å². The molecule has 0 aromatic heterocycles. The van der Waals surface area contributed by atoms with E-state index < -0.39 is 0 Å². The molecule has 5 aliphatic rings. The van der Waals surface area contributed by atoms with Crippen LogP contribution >= 0.6 is 11.6 Å². The molecular formula is C25H23ClN2O2. The van der Waals surface area contributed by atoms with E-state index >= 15 is 0 Å². The summed E-state index contributed by atoms with van der Waals surface area (Å²) in [6.45, 7) is 3.21. The molecule has 0 radical (unpaired) electrons. The molecule has 30 heavy (non-hydrogen) atoms. The van der Waals surface area contributed by atoms with Crippen LogP contribution in [-0.4, -0.2) is 36.2 Å². The fourth-order valence-corrected chi connectivity index (χ4v) is 5.69. The highest BCUT2D eigenvalue weighted by atomic mass is 35.5. The Hall–Kier alpha value is -2.56. The lowest BCUT2D eigenvalue weighted by molar-refractivity contribution is 0.155. The average Bonchev–Trinajstić information content (AvgIpc) is 2.97. The van der Waals surface area contributed by atoms with Gasteiger partial charge in [0.2, 0.25) is 0 Å². The maximum absolute atomic E-state index is 11.5. The number of nitrogens with one attached hydrogen (secondary N) is 1. The SMILES string of the molecule is O=C1NC2C=CC(c3ccc4c(c3)CN3CCC4(c4ccc(Cl)cc4)CC3)=CC2O1. The van der Waals surface area contributed by atoms with Gasteiger partial charge in [-0.25, -0.2) is 4.79 Å². The number of alkyl carbamates (subject to hydrolysis) is 1. The van der Waals surface area contributed by atoms with Gasteiger partial charge in [0.05, 0.1) is 6.04 Å². The Morgan fingerprint density at radius 3 is 2.70 bits per heavy atom. The van der Waals surface area contributed by atoms with E-state index in [9.17, 15) is 4.79 Å². The summed E-state index contributed by atoms with van der Waals surface area (Å²) in [6.07, 6.45) is 7.88. The molecule has 2 saturated heterocycles. The highest BCUT2D eigenvalue weighted by Crippen LogP contribution is 2.47. The van der Waals surface area contributed by atoms with Crippen molar-refractivity contribution in [2.75, 3.05) is 13.1 Å². The first-order valence-electron chi connectivity index (χ1n) is 10.6. The minimum atomic E-state index is -0.344. The van der Waals surface area contributed by atoms with Crippen LogP contribution in [0.2, 0.25) is 5.02 Å². The minimum Gasteiger partial charge on any atom is -0.439 e. The summed E-state index contributed by atoms with van der Waals surface area (Å²) in [6, 6.07) is 15.3. The van der Waals surface area contributed by atoms with E-state index in [0.29, 0.717) is 0 Å². The fraction of sp³-hybridized carbons (Fsp3) is 0.320. The molecule has 2 bridgehead atoms. The molecule has 2 unspecified atom stereocenters. The first kappa shape index (κ1) is 18.2. The Morgan fingerprint density at radius 1 is 1.10 bits per heavy atom. The number of hydrogen-bond donors (Lipinski definition) is 1. The molecule has 5 heteroatoms. The monoisotopic (exact) mass is 418 g/mol. The van der Waals surface area contributed by atoms with Crippen LogP contribution in [0.25, 0.3) is 5.57 Å². The number of fused-ring (bicyclic) bond motifs is 3. The van der Waals surface area contributed by atoms with Gasteiger partial charge in [-0.1, -0.05) is 48.0 Å². The number of hydrogen-bond acceptors (Lipinski definition) is 3. The summed E-state index contributed by atoms with van der Waals surface area (Å²) in [5.41, 5.74) is 6.56. The number of ether oxygens (including phenoxy) is 1. The van der Waals surface area contributed by atoms with Crippen molar-refractivity contribution < 1.29 is 9.53 Å². The number of allylic oxidation sites excluding steroid dienone is 2. The van der Waals surface area contributed by atoms with Crippen molar-refractivity contribution in [3.63, 3.8) is 0 Å². The third-order valence-corrected chi connectivity index (χ3v) is 7.42. The van der Waals surface area contributed by atoms with Gasteiger partial charge in [-0.05, 0) is 78.0 Å². The molecule has 4 nitrogen and oxygen atoms in total. The number of amides is 1. The number of halogens is 1. The molecule has 1 N–H and O–H groups in total. The van der Waals surface area contributed by atoms with Gasteiger partial charge >= 0.3 is 6.09 Å². The normalized spacial score (nSPS) is 31.3. The van der Waals surface area contributed by atoms with E-state index in [-0.39, 0.29) is 23.7 Å². The van der Waals surface area contributed by atoms with E-state index in [1.165, 1.54) is 22.3 Å². The maximum Gasteiger partial charge on any atom is 0.408 e. The molecule has 1 aliphatic carbocycles. The molecule has 0 saturated carbocycles. The summed E-state index contributed by atoms with van der Waals surface area (Å²) in [5.74, 6) is 0. The maximum atomic E-state index is 11.5. The number of piperidine rings is 1. The number of carbonyl (C=O) groups excluding carboxylic acids is 1. The highest BCUT2D eigenvalue weighted by molar-refractivity contribution is 6.30. The molecule has 4 aliphatic heterocycles. The van der Waals surface area contributed by atoms with Crippen LogP contribution in [0.1, 0.15) is 35.1 Å². The van der Waals surface area contributed by atoms with Gasteiger partial charge in [-0.3, -0.25) is 4.90 Å². The molecule has 2 aromatic rings. The summed E-state index contributed by atoms with van der Waals surface area (Å²) in [5, 5.41) is 3.61. The van der Waals surface area contributed by atoms with Gasteiger partial charge in [0.1, 0.15) is 6.10 Å². The molecule has 2 aromatic carbocycles. The second kappa shape index (κ2) is 6.73. The smallest absolute Gasteiger partial charge is 0.408 e. The van der Waals surface area contributed by atoms with Gasteiger partial charge in [-0.2, -0.15) is 0 Å². The molecule has 4 heterocycles. The molecule has 152 valence electrons. The zero-order valence-corrected chi connectivity index (χ0v) is 17.4. The van der Waals surface area contributed by atoms with Crippen molar-refractivity contribution in [1.82, 2.24) is 10.2 Å². The second-order valence-electron chi connectivity index (χ2n) is 8.76. The Kier molecular flexibility index (Phi) is 4.09. The lowest BCUT2D eigenvalue weighted by atomic mass is 9.68. The van der Waals surface area contributed by atoms with Gasteiger partial charge in [0.25, 0.3) is 0 Å². The van der Waals surface area contributed by atoms with E-state index in [2.05, 4.69) is 52.7 Å². The average molecular weight is 419 g/mol. The zero-order valence-electron chi connectivity index (χ0n) is 16.6. The third-order valence-electron chi connectivity index (χ3n) is 7.16. The fourth-order valence-electron chi connectivity index (χ4n) is 5.56. The van der Waals surface area contributed by atoms with Gasteiger partial charge in [0, 0.05) is 17.0 Å². The number of carbonyl (C=O) groups is 1. The molecule has 0 spiro atoms. The third kappa shape index (κ3) is 2.82. The molecule has 1 amide bonds. The summed E-state index contributed by atoms with van der Waals surface area (Å²) in [4.78, 5) is 14.1. The van der Waals surface area contributed by atoms with Crippen LogP contribution in [0.4, 0.5) is 4.79 Å². The molecule has 7 rings (SSSR count). The standard InChI is InChI=1S/C25H23ClN2O2/c26-20-5-3-19(4-6-20)25-9-11-28(12-10-25)15-18-13-16(1-7-21(18)25)17-2-8-22-23(14-17)30-24(29)27-22/h1-8,13-14,22-23H,9-12,15H2,(H,27,29). The van der Waals surface area contributed by atoms with Crippen molar-refractivity contribution in [2.45, 2.75) is 36.9 Å². The van der Waals surface area contributed by atoms with Crippen molar-refractivity contribution in [3.05, 3.63) is 88.0 Å². The van der Waals surface area contributed by atoms with E-state index in [1.807, 2.05) is 18.2 Å². The summed E-state index contributed by atoms with van der Waals surface area (Å²) < 4.78 is 5.38. The van der Waals surface area contributed by atoms with Crippen molar-refractivity contribution in [1.29, 1.82) is 0 Å². The first-order valence-corrected chi connectivity index (χ1v) is 11.0. The van der Waals surface area contributed by atoms with Crippen LogP contribution in [0.3, 0.4) is 0 Å².